The van der Waals surface area contributed by atoms with E-state index in [1.807, 2.05) is 18.5 Å². The van der Waals surface area contributed by atoms with Crippen LogP contribution in [0.15, 0.2) is 24.5 Å². The Morgan fingerprint density at radius 2 is 2.14 bits per heavy atom. The number of hydrogen-bond acceptors (Lipinski definition) is 2. The third-order valence-electron chi connectivity index (χ3n) is 2.36. The summed E-state index contributed by atoms with van der Waals surface area (Å²) in [4.78, 5) is 4.11. The van der Waals surface area contributed by atoms with E-state index in [9.17, 15) is 0 Å². The molecule has 0 aliphatic heterocycles. The summed E-state index contributed by atoms with van der Waals surface area (Å²) in [5, 5.41) is 3.49. The zero-order chi connectivity index (χ0) is 10.4. The van der Waals surface area contributed by atoms with E-state index in [0.29, 0.717) is 6.04 Å². The van der Waals surface area contributed by atoms with Gasteiger partial charge >= 0.3 is 0 Å². The van der Waals surface area contributed by atoms with Crippen LogP contribution >= 0.6 is 0 Å². The van der Waals surface area contributed by atoms with E-state index in [4.69, 9.17) is 0 Å². The largest absolute Gasteiger partial charge is 0.310 e. The summed E-state index contributed by atoms with van der Waals surface area (Å²) in [5.41, 5.74) is 1.26. The summed E-state index contributed by atoms with van der Waals surface area (Å²) in [6.07, 6.45) is 4.96. The molecule has 0 radical (unpaired) electrons. The molecule has 2 nitrogen and oxygen atoms in total. The molecule has 1 heterocycles. The summed E-state index contributed by atoms with van der Waals surface area (Å²) in [7, 11) is 0. The Balaban J connectivity index is 2.32. The van der Waals surface area contributed by atoms with Crippen LogP contribution in [0.25, 0.3) is 0 Å². The summed E-state index contributed by atoms with van der Waals surface area (Å²) in [5.74, 6) is 0.767. The van der Waals surface area contributed by atoms with Crippen LogP contribution in [0.3, 0.4) is 0 Å². The van der Waals surface area contributed by atoms with Crippen LogP contribution in [0.1, 0.15) is 38.8 Å². The van der Waals surface area contributed by atoms with E-state index in [-0.39, 0.29) is 0 Å². The van der Waals surface area contributed by atoms with Crippen molar-refractivity contribution in [1.29, 1.82) is 0 Å². The predicted molar refractivity (Wildman–Crippen MR) is 60.1 cm³/mol. The number of aromatic nitrogens is 1. The van der Waals surface area contributed by atoms with Crippen molar-refractivity contribution in [3.63, 3.8) is 0 Å². The maximum atomic E-state index is 4.11. The van der Waals surface area contributed by atoms with Crippen LogP contribution in [-0.2, 0) is 0 Å². The van der Waals surface area contributed by atoms with Gasteiger partial charge in [-0.1, -0.05) is 19.9 Å². The fraction of sp³-hybridized carbons (Fsp3) is 0.583. The van der Waals surface area contributed by atoms with Gasteiger partial charge in [-0.15, -0.1) is 0 Å². The van der Waals surface area contributed by atoms with Gasteiger partial charge in [0.25, 0.3) is 0 Å². The van der Waals surface area contributed by atoms with E-state index >= 15 is 0 Å². The Morgan fingerprint density at radius 1 is 1.36 bits per heavy atom. The molecule has 1 aromatic heterocycles. The van der Waals surface area contributed by atoms with E-state index < -0.39 is 0 Å². The van der Waals surface area contributed by atoms with Crippen molar-refractivity contribution < 1.29 is 0 Å². The Kier molecular flexibility index (Phi) is 4.60. The van der Waals surface area contributed by atoms with Gasteiger partial charge in [-0.3, -0.25) is 4.98 Å². The Hall–Kier alpha value is -0.890. The van der Waals surface area contributed by atoms with Gasteiger partial charge in [-0.2, -0.15) is 0 Å². The molecule has 1 aromatic rings. The lowest BCUT2D eigenvalue weighted by molar-refractivity contribution is 0.496. The zero-order valence-corrected chi connectivity index (χ0v) is 9.33. The van der Waals surface area contributed by atoms with E-state index in [0.717, 1.165) is 12.5 Å². The van der Waals surface area contributed by atoms with E-state index in [2.05, 4.69) is 37.1 Å². The van der Waals surface area contributed by atoms with Crippen molar-refractivity contribution in [3.8, 4) is 0 Å². The highest BCUT2D eigenvalue weighted by molar-refractivity contribution is 5.12. The van der Waals surface area contributed by atoms with Gasteiger partial charge in [0.15, 0.2) is 0 Å². The molecular weight excluding hydrogens is 172 g/mol. The van der Waals surface area contributed by atoms with Gasteiger partial charge in [-0.25, -0.2) is 0 Å². The Labute approximate surface area is 86.8 Å². The Morgan fingerprint density at radius 3 is 2.71 bits per heavy atom. The minimum atomic E-state index is 0.405. The monoisotopic (exact) mass is 192 g/mol. The molecule has 0 amide bonds. The van der Waals surface area contributed by atoms with Gasteiger partial charge in [0.05, 0.1) is 0 Å². The standard InChI is InChI=1S/C12H20N2/c1-10(2)6-8-14-11(3)12-5-4-7-13-9-12/h4-5,7,9-11,14H,6,8H2,1-3H3. The van der Waals surface area contributed by atoms with Crippen molar-refractivity contribution in [2.24, 2.45) is 5.92 Å². The SMILES string of the molecule is CC(C)CCNC(C)c1cccnc1. The first-order valence-corrected chi connectivity index (χ1v) is 5.33. The van der Waals surface area contributed by atoms with Crippen LogP contribution in [-0.4, -0.2) is 11.5 Å². The highest BCUT2D eigenvalue weighted by Crippen LogP contribution is 2.10. The van der Waals surface area contributed by atoms with Crippen molar-refractivity contribution in [3.05, 3.63) is 30.1 Å². The second kappa shape index (κ2) is 5.76. The molecule has 0 aliphatic rings. The molecule has 1 rings (SSSR count). The normalized spacial score (nSPS) is 13.1. The second-order valence-corrected chi connectivity index (χ2v) is 4.14. The van der Waals surface area contributed by atoms with Gasteiger partial charge < -0.3 is 5.32 Å². The summed E-state index contributed by atoms with van der Waals surface area (Å²) in [6, 6.07) is 4.50. The van der Waals surface area contributed by atoms with Crippen LogP contribution in [0.5, 0.6) is 0 Å². The number of pyridine rings is 1. The average molecular weight is 192 g/mol. The summed E-state index contributed by atoms with van der Waals surface area (Å²) in [6.45, 7) is 7.75. The maximum absolute atomic E-state index is 4.11. The fourth-order valence-electron chi connectivity index (χ4n) is 1.34. The highest BCUT2D eigenvalue weighted by atomic mass is 14.9. The van der Waals surface area contributed by atoms with Gasteiger partial charge in [0.1, 0.15) is 0 Å². The first kappa shape index (κ1) is 11.2. The lowest BCUT2D eigenvalue weighted by Gasteiger charge is -2.14. The summed E-state index contributed by atoms with van der Waals surface area (Å²) < 4.78 is 0. The molecule has 1 unspecified atom stereocenters. The molecule has 2 heteroatoms. The molecule has 0 aliphatic carbocycles. The van der Waals surface area contributed by atoms with Crippen molar-refractivity contribution in [2.75, 3.05) is 6.54 Å². The van der Waals surface area contributed by atoms with Crippen LogP contribution in [0, 0.1) is 5.92 Å². The molecule has 0 spiro atoms. The van der Waals surface area contributed by atoms with Gasteiger partial charge in [0.2, 0.25) is 0 Å². The van der Waals surface area contributed by atoms with Crippen molar-refractivity contribution in [1.82, 2.24) is 10.3 Å². The quantitative estimate of drug-likeness (QED) is 0.776. The molecular formula is C12H20N2. The third kappa shape index (κ3) is 3.88. The molecule has 0 aromatic carbocycles. The van der Waals surface area contributed by atoms with Crippen LogP contribution in [0.4, 0.5) is 0 Å². The van der Waals surface area contributed by atoms with Crippen molar-refractivity contribution >= 4 is 0 Å². The highest BCUT2D eigenvalue weighted by Gasteiger charge is 2.03. The molecule has 1 N–H and O–H groups in total. The minimum Gasteiger partial charge on any atom is -0.310 e. The lowest BCUT2D eigenvalue weighted by atomic mass is 10.1. The van der Waals surface area contributed by atoms with Gasteiger partial charge in [0, 0.05) is 18.4 Å². The number of hydrogen-bond donors (Lipinski definition) is 1. The molecule has 0 fully saturated rings. The molecule has 14 heavy (non-hydrogen) atoms. The smallest absolute Gasteiger partial charge is 0.0315 e. The molecule has 1 atom stereocenters. The zero-order valence-electron chi connectivity index (χ0n) is 9.33. The Bertz CT molecular complexity index is 244. The predicted octanol–water partition coefficient (Wildman–Crippen LogP) is 2.78. The maximum Gasteiger partial charge on any atom is 0.0315 e. The fourth-order valence-corrected chi connectivity index (χ4v) is 1.34. The molecule has 0 saturated carbocycles. The number of nitrogens with zero attached hydrogens (tertiary/aromatic N) is 1. The lowest BCUT2D eigenvalue weighted by Crippen LogP contribution is -2.20. The third-order valence-corrected chi connectivity index (χ3v) is 2.36. The van der Waals surface area contributed by atoms with Gasteiger partial charge in [-0.05, 0) is 37.4 Å². The number of nitrogens with one attached hydrogen (secondary N) is 1. The topological polar surface area (TPSA) is 24.9 Å². The minimum absolute atomic E-state index is 0.405. The molecule has 0 saturated heterocycles. The van der Waals surface area contributed by atoms with E-state index in [1.165, 1.54) is 12.0 Å². The average Bonchev–Trinajstić information content (AvgIpc) is 2.18. The second-order valence-electron chi connectivity index (χ2n) is 4.14. The first-order chi connectivity index (χ1) is 6.70. The first-order valence-electron chi connectivity index (χ1n) is 5.33. The molecule has 78 valence electrons. The van der Waals surface area contributed by atoms with Crippen molar-refractivity contribution in [2.45, 2.75) is 33.2 Å². The van der Waals surface area contributed by atoms with E-state index in [1.54, 1.807) is 0 Å². The van der Waals surface area contributed by atoms with Crippen LogP contribution < -0.4 is 5.32 Å². The molecule has 0 bridgehead atoms. The van der Waals surface area contributed by atoms with Crippen LogP contribution in [0.2, 0.25) is 0 Å². The summed E-state index contributed by atoms with van der Waals surface area (Å²) >= 11 is 0. The number of rotatable bonds is 5.